The highest BCUT2D eigenvalue weighted by Gasteiger charge is 2.26. The average molecular weight is 422 g/mol. The number of amides is 3. The molecule has 3 amide bonds. The van der Waals surface area contributed by atoms with Gasteiger partial charge in [-0.05, 0) is 57.2 Å². The highest BCUT2D eigenvalue weighted by atomic mass is 32.2. The molecule has 2 aromatic rings. The molecule has 10 nitrogen and oxygen atoms in total. The second kappa shape index (κ2) is 8.45. The fourth-order valence-corrected chi connectivity index (χ4v) is 3.56. The smallest absolute Gasteiger partial charge is 0.291 e. The van der Waals surface area contributed by atoms with Gasteiger partial charge in [0.1, 0.15) is 0 Å². The van der Waals surface area contributed by atoms with Crippen molar-refractivity contribution in [2.75, 3.05) is 11.9 Å². The molecular weight excluding hydrogens is 400 g/mol. The Morgan fingerprint density at radius 1 is 1.00 bits per heavy atom. The summed E-state index contributed by atoms with van der Waals surface area (Å²) in [5.41, 5.74) is 4.88. The van der Waals surface area contributed by atoms with Gasteiger partial charge in [-0.1, -0.05) is 0 Å². The monoisotopic (exact) mass is 422 g/mol. The molecule has 1 heterocycles. The van der Waals surface area contributed by atoms with Crippen molar-refractivity contribution in [3.05, 3.63) is 47.7 Å². The zero-order valence-electron chi connectivity index (χ0n) is 16.1. The second-order valence-electron chi connectivity index (χ2n) is 7.15. The molecule has 0 saturated heterocycles. The summed E-state index contributed by atoms with van der Waals surface area (Å²) in [7, 11) is -3.90. The molecule has 0 saturated carbocycles. The number of nitrogens with one attached hydrogen (secondary N) is 3. The number of nitrogens with two attached hydrogens (primary N) is 1. The molecular formula is C18H22N4O6S. The highest BCUT2D eigenvalue weighted by molar-refractivity contribution is 7.89. The molecule has 0 aliphatic heterocycles. The number of sulfonamides is 1. The van der Waals surface area contributed by atoms with Crippen molar-refractivity contribution in [3.63, 3.8) is 0 Å². The van der Waals surface area contributed by atoms with Gasteiger partial charge in [0.15, 0.2) is 5.76 Å². The maximum atomic E-state index is 12.3. The lowest BCUT2D eigenvalue weighted by Crippen LogP contribution is -2.40. The van der Waals surface area contributed by atoms with Gasteiger partial charge >= 0.3 is 0 Å². The van der Waals surface area contributed by atoms with E-state index in [1.165, 1.54) is 36.4 Å². The van der Waals surface area contributed by atoms with Gasteiger partial charge in [0.2, 0.25) is 11.0 Å². The third-order valence-electron chi connectivity index (χ3n) is 3.34. The maximum absolute atomic E-state index is 12.3. The summed E-state index contributed by atoms with van der Waals surface area (Å²) in [6, 6.07) is 8.26. The molecule has 0 atom stereocenters. The van der Waals surface area contributed by atoms with Gasteiger partial charge in [-0.25, -0.2) is 13.1 Å². The number of hydrogen-bond donors (Lipinski definition) is 4. The van der Waals surface area contributed by atoms with Crippen LogP contribution in [-0.4, -0.2) is 38.2 Å². The number of carbonyl (C=O) groups is 3. The molecule has 0 bridgehead atoms. The Labute approximate surface area is 167 Å². The van der Waals surface area contributed by atoms with E-state index < -0.39 is 33.3 Å². The van der Waals surface area contributed by atoms with Crippen molar-refractivity contribution in [1.29, 1.82) is 0 Å². The van der Waals surface area contributed by atoms with Crippen LogP contribution in [0.15, 0.2) is 45.9 Å². The molecule has 0 spiro atoms. The Balaban J connectivity index is 2.05. The third kappa shape index (κ3) is 6.43. The van der Waals surface area contributed by atoms with E-state index >= 15 is 0 Å². The maximum Gasteiger partial charge on any atom is 0.291 e. The van der Waals surface area contributed by atoms with Crippen molar-refractivity contribution >= 4 is 33.4 Å². The standard InChI is InChI=1S/C18H22N4O6S/c1-18(2,3)22-29(26,27)15-9-8-13(28-15)17(25)21-12-6-4-11(5-7-12)16(24)20-10-14(19)23/h4-9,22H,10H2,1-3H3,(H2,19,23)(H,20,24)(H,21,25). The summed E-state index contributed by atoms with van der Waals surface area (Å²) in [6.07, 6.45) is 0. The summed E-state index contributed by atoms with van der Waals surface area (Å²) < 4.78 is 32.1. The van der Waals surface area contributed by atoms with Crippen LogP contribution in [0.5, 0.6) is 0 Å². The molecule has 1 aromatic heterocycles. The number of primary amides is 1. The van der Waals surface area contributed by atoms with Crippen molar-refractivity contribution in [3.8, 4) is 0 Å². The molecule has 11 heteroatoms. The van der Waals surface area contributed by atoms with E-state index in [1.54, 1.807) is 20.8 Å². The lowest BCUT2D eigenvalue weighted by Gasteiger charge is -2.18. The van der Waals surface area contributed by atoms with Crippen LogP contribution in [0.3, 0.4) is 0 Å². The van der Waals surface area contributed by atoms with E-state index in [0.717, 1.165) is 0 Å². The molecule has 0 aliphatic carbocycles. The van der Waals surface area contributed by atoms with Gasteiger partial charge in [0, 0.05) is 16.8 Å². The van der Waals surface area contributed by atoms with Gasteiger partial charge < -0.3 is 20.8 Å². The molecule has 0 fully saturated rings. The van der Waals surface area contributed by atoms with E-state index in [4.69, 9.17) is 10.2 Å². The number of furan rings is 1. The van der Waals surface area contributed by atoms with Crippen LogP contribution in [0.25, 0.3) is 0 Å². The quantitative estimate of drug-likeness (QED) is 0.517. The summed E-state index contributed by atoms with van der Waals surface area (Å²) >= 11 is 0. The van der Waals surface area contributed by atoms with Crippen molar-refractivity contribution in [1.82, 2.24) is 10.0 Å². The third-order valence-corrected chi connectivity index (χ3v) is 4.97. The van der Waals surface area contributed by atoms with Crippen molar-refractivity contribution < 1.29 is 27.2 Å². The molecule has 29 heavy (non-hydrogen) atoms. The molecule has 5 N–H and O–H groups in total. The first-order chi connectivity index (χ1) is 13.4. The Hall–Kier alpha value is -3.18. The van der Waals surface area contributed by atoms with E-state index in [-0.39, 0.29) is 23.0 Å². The average Bonchev–Trinajstić information content (AvgIpc) is 3.09. The Kier molecular flexibility index (Phi) is 6.44. The van der Waals surface area contributed by atoms with Crippen LogP contribution >= 0.6 is 0 Å². The van der Waals surface area contributed by atoms with E-state index in [1.807, 2.05) is 0 Å². The normalized spacial score (nSPS) is 11.7. The van der Waals surface area contributed by atoms with Crippen LogP contribution in [0, 0.1) is 0 Å². The minimum absolute atomic E-state index is 0.192. The number of anilines is 1. The number of hydrogen-bond acceptors (Lipinski definition) is 6. The predicted octanol–water partition coefficient (Wildman–Crippen LogP) is 0.824. The van der Waals surface area contributed by atoms with Crippen LogP contribution in [0.2, 0.25) is 0 Å². The SMILES string of the molecule is CC(C)(C)NS(=O)(=O)c1ccc(C(=O)Nc2ccc(C(=O)NCC(N)=O)cc2)o1. The lowest BCUT2D eigenvalue weighted by molar-refractivity contribution is -0.117. The largest absolute Gasteiger partial charge is 0.438 e. The molecule has 0 aliphatic rings. The topological polar surface area (TPSA) is 161 Å². The van der Waals surface area contributed by atoms with Crippen LogP contribution in [-0.2, 0) is 14.8 Å². The molecule has 0 unspecified atom stereocenters. The van der Waals surface area contributed by atoms with Crippen LogP contribution in [0.4, 0.5) is 5.69 Å². The number of carbonyl (C=O) groups excluding carboxylic acids is 3. The summed E-state index contributed by atoms with van der Waals surface area (Å²) in [5.74, 6) is -2.01. The zero-order chi connectivity index (χ0) is 21.8. The fourth-order valence-electron chi connectivity index (χ4n) is 2.21. The Morgan fingerprint density at radius 2 is 1.62 bits per heavy atom. The number of benzene rings is 1. The number of rotatable bonds is 7. The van der Waals surface area contributed by atoms with Gasteiger partial charge in [0.05, 0.1) is 6.54 Å². The molecule has 156 valence electrons. The summed E-state index contributed by atoms with van der Waals surface area (Å²) in [5, 5.41) is 4.50. The first-order valence-electron chi connectivity index (χ1n) is 8.49. The lowest BCUT2D eigenvalue weighted by atomic mass is 10.1. The fraction of sp³-hybridized carbons (Fsp3) is 0.278. The Bertz CT molecular complexity index is 1020. The highest BCUT2D eigenvalue weighted by Crippen LogP contribution is 2.18. The molecule has 0 radical (unpaired) electrons. The minimum Gasteiger partial charge on any atom is -0.438 e. The van der Waals surface area contributed by atoms with Gasteiger partial charge in [-0.15, -0.1) is 0 Å². The van der Waals surface area contributed by atoms with Crippen LogP contribution < -0.4 is 21.1 Å². The van der Waals surface area contributed by atoms with Crippen molar-refractivity contribution in [2.45, 2.75) is 31.4 Å². The molecule has 1 aromatic carbocycles. The second-order valence-corrected chi connectivity index (χ2v) is 8.77. The van der Waals surface area contributed by atoms with Gasteiger partial charge in [-0.2, -0.15) is 0 Å². The Morgan fingerprint density at radius 3 is 2.17 bits per heavy atom. The van der Waals surface area contributed by atoms with E-state index in [2.05, 4.69) is 15.4 Å². The predicted molar refractivity (Wildman–Crippen MR) is 105 cm³/mol. The van der Waals surface area contributed by atoms with Gasteiger partial charge in [-0.3, -0.25) is 14.4 Å². The summed E-state index contributed by atoms with van der Waals surface area (Å²) in [4.78, 5) is 34.8. The molecule has 2 rings (SSSR count). The minimum atomic E-state index is -3.90. The first kappa shape index (κ1) is 22.1. The first-order valence-corrected chi connectivity index (χ1v) is 9.97. The van der Waals surface area contributed by atoms with Gasteiger partial charge in [0.25, 0.3) is 21.8 Å². The van der Waals surface area contributed by atoms with E-state index in [9.17, 15) is 22.8 Å². The van der Waals surface area contributed by atoms with Crippen LogP contribution in [0.1, 0.15) is 41.7 Å². The van der Waals surface area contributed by atoms with Crippen molar-refractivity contribution in [2.24, 2.45) is 5.73 Å². The summed E-state index contributed by atoms with van der Waals surface area (Å²) in [6.45, 7) is 4.75. The van der Waals surface area contributed by atoms with E-state index in [0.29, 0.717) is 5.69 Å². The zero-order valence-corrected chi connectivity index (χ0v) is 16.9.